The maximum Gasteiger partial charge on any atom is 0.0856 e. The summed E-state index contributed by atoms with van der Waals surface area (Å²) in [4.78, 5) is 2.48. The zero-order chi connectivity index (χ0) is 17.0. The van der Waals surface area contributed by atoms with Crippen LogP contribution in [0.3, 0.4) is 0 Å². The van der Waals surface area contributed by atoms with Crippen molar-refractivity contribution in [3.63, 3.8) is 0 Å². The number of rotatable bonds is 8. The van der Waals surface area contributed by atoms with E-state index in [9.17, 15) is 0 Å². The number of benzene rings is 1. The Morgan fingerprint density at radius 1 is 0.955 bits per heavy atom. The minimum absolute atomic E-state index is 0.403. The van der Waals surface area contributed by atoms with Gasteiger partial charge in [0.1, 0.15) is 0 Å². The number of aliphatic hydroxyl groups excluding tert-OH is 3. The summed E-state index contributed by atoms with van der Waals surface area (Å²) >= 11 is 0. The molecule has 0 bridgehead atoms. The molecule has 0 aliphatic carbocycles. The topological polar surface area (TPSA) is 90.0 Å². The minimum Gasteiger partial charge on any atom is -0.394 e. The number of hydrogen-bond acceptors (Lipinski definition) is 5. The fourth-order valence-electron chi connectivity index (χ4n) is 1.96. The van der Waals surface area contributed by atoms with Gasteiger partial charge in [0.15, 0.2) is 0 Å². The molecule has 0 amide bonds. The smallest absolute Gasteiger partial charge is 0.0856 e. The number of nitrogens with two attached hydrogens (primary N) is 1. The molecular weight excluding hydrogens is 280 g/mol. The van der Waals surface area contributed by atoms with Gasteiger partial charge < -0.3 is 26.0 Å². The van der Waals surface area contributed by atoms with Crippen molar-refractivity contribution in [2.24, 2.45) is 5.73 Å². The van der Waals surface area contributed by atoms with Crippen molar-refractivity contribution in [2.45, 2.75) is 39.2 Å². The van der Waals surface area contributed by atoms with Crippen LogP contribution in [0.2, 0.25) is 0 Å². The van der Waals surface area contributed by atoms with Gasteiger partial charge in [-0.15, -0.1) is 0 Å². The second-order valence-electron chi connectivity index (χ2n) is 5.61. The van der Waals surface area contributed by atoms with E-state index in [0.29, 0.717) is 0 Å². The number of para-hydroxylation sites is 1. The van der Waals surface area contributed by atoms with Crippen LogP contribution in [0.5, 0.6) is 0 Å². The summed E-state index contributed by atoms with van der Waals surface area (Å²) in [6.45, 7) is 7.78. The molecule has 5 heteroatoms. The average molecular weight is 312 g/mol. The number of aliphatic hydroxyl groups is 3. The molecule has 1 aromatic rings. The minimum atomic E-state index is -1.21. The van der Waals surface area contributed by atoms with Crippen molar-refractivity contribution in [3.05, 3.63) is 29.8 Å². The Hall–Kier alpha value is -1.14. The summed E-state index contributed by atoms with van der Waals surface area (Å²) in [7, 11) is 0. The third kappa shape index (κ3) is 7.22. The van der Waals surface area contributed by atoms with E-state index < -0.39 is 25.4 Å². The average Bonchev–Trinajstić information content (AvgIpc) is 2.55. The molecule has 0 spiro atoms. The highest BCUT2D eigenvalue weighted by Gasteiger charge is 2.20. The Morgan fingerprint density at radius 2 is 1.41 bits per heavy atom. The molecule has 5 N–H and O–H groups in total. The summed E-state index contributed by atoms with van der Waals surface area (Å²) < 4.78 is 0. The van der Waals surface area contributed by atoms with Crippen LogP contribution in [0.25, 0.3) is 0 Å². The first kappa shape index (κ1) is 20.9. The van der Waals surface area contributed by atoms with Crippen LogP contribution in [-0.4, -0.2) is 53.8 Å². The van der Waals surface area contributed by atoms with E-state index in [2.05, 4.69) is 49.9 Å². The lowest BCUT2D eigenvalue weighted by Crippen LogP contribution is -2.50. The molecule has 5 nitrogen and oxygen atoms in total. The van der Waals surface area contributed by atoms with Gasteiger partial charge in [-0.2, -0.15) is 0 Å². The van der Waals surface area contributed by atoms with Crippen LogP contribution < -0.4 is 10.6 Å². The van der Waals surface area contributed by atoms with E-state index in [1.807, 2.05) is 0 Å². The molecule has 0 heterocycles. The van der Waals surface area contributed by atoms with Gasteiger partial charge in [0.25, 0.3) is 0 Å². The van der Waals surface area contributed by atoms with E-state index in [4.69, 9.17) is 21.1 Å². The van der Waals surface area contributed by atoms with E-state index in [0.717, 1.165) is 0 Å². The predicted molar refractivity (Wildman–Crippen MR) is 92.1 cm³/mol. The van der Waals surface area contributed by atoms with E-state index in [1.54, 1.807) is 0 Å². The second kappa shape index (κ2) is 11.4. The third-order valence-corrected chi connectivity index (χ3v) is 3.39. The molecule has 0 saturated carbocycles. The van der Waals surface area contributed by atoms with Gasteiger partial charge in [-0.25, -0.2) is 0 Å². The zero-order valence-electron chi connectivity index (χ0n) is 14.1. The summed E-state index contributed by atoms with van der Waals surface area (Å²) in [5.41, 5.74) is 6.72. The lowest BCUT2D eigenvalue weighted by molar-refractivity contribution is 0.0698. The highest BCUT2D eigenvalue weighted by atomic mass is 16.3. The fourth-order valence-corrected chi connectivity index (χ4v) is 1.96. The van der Waals surface area contributed by atoms with E-state index >= 15 is 0 Å². The van der Waals surface area contributed by atoms with Gasteiger partial charge in [0.2, 0.25) is 0 Å². The number of aryl methyl sites for hydroxylation is 1. The van der Waals surface area contributed by atoms with Crippen LogP contribution in [0.4, 0.5) is 5.69 Å². The predicted octanol–water partition coefficient (Wildman–Crippen LogP) is 1.28. The van der Waals surface area contributed by atoms with Crippen LogP contribution in [0.15, 0.2) is 24.3 Å². The Labute approximate surface area is 134 Å². The Balaban J connectivity index is 0.000000472. The highest BCUT2D eigenvalue weighted by molar-refractivity contribution is 5.52. The van der Waals surface area contributed by atoms with Gasteiger partial charge in [-0.1, -0.05) is 32.0 Å². The molecule has 128 valence electrons. The molecule has 0 radical (unpaired) electrons. The SMILES string of the molecule is CCCN(CCC)c1ccccc1C.NC(CO)(CO)CO. The van der Waals surface area contributed by atoms with Crippen LogP contribution in [0.1, 0.15) is 32.3 Å². The molecule has 0 unspecified atom stereocenters. The monoisotopic (exact) mass is 312 g/mol. The van der Waals surface area contributed by atoms with Crippen LogP contribution in [-0.2, 0) is 0 Å². The second-order valence-corrected chi connectivity index (χ2v) is 5.61. The van der Waals surface area contributed by atoms with Gasteiger partial charge in [-0.3, -0.25) is 0 Å². The first-order chi connectivity index (χ1) is 10.5. The summed E-state index contributed by atoms with van der Waals surface area (Å²) in [6, 6.07) is 8.64. The summed E-state index contributed by atoms with van der Waals surface area (Å²) in [5, 5.41) is 25.0. The maximum absolute atomic E-state index is 8.34. The van der Waals surface area contributed by atoms with Gasteiger partial charge in [0, 0.05) is 18.8 Å². The lowest BCUT2D eigenvalue weighted by Gasteiger charge is -2.25. The van der Waals surface area contributed by atoms with Crippen molar-refractivity contribution >= 4 is 5.69 Å². The Bertz CT molecular complexity index is 381. The van der Waals surface area contributed by atoms with Crippen molar-refractivity contribution in [1.82, 2.24) is 0 Å². The normalized spacial score (nSPS) is 10.9. The zero-order valence-corrected chi connectivity index (χ0v) is 14.1. The largest absolute Gasteiger partial charge is 0.394 e. The van der Waals surface area contributed by atoms with Crippen LogP contribution in [0, 0.1) is 6.92 Å². The lowest BCUT2D eigenvalue weighted by atomic mass is 10.1. The molecule has 22 heavy (non-hydrogen) atoms. The molecule has 0 atom stereocenters. The molecule has 1 rings (SSSR count). The number of hydrogen-bond donors (Lipinski definition) is 4. The number of anilines is 1. The van der Waals surface area contributed by atoms with Crippen molar-refractivity contribution in [2.75, 3.05) is 37.8 Å². The first-order valence-corrected chi connectivity index (χ1v) is 7.90. The standard InChI is InChI=1S/C13H21N.C4H11NO3/c1-4-10-14(11-5-2)13-9-7-6-8-12(13)3;5-4(1-6,2-7)3-8/h6-9H,4-5,10-11H2,1-3H3;6-8H,1-3,5H2. The fraction of sp³-hybridized carbons (Fsp3) is 0.647. The van der Waals surface area contributed by atoms with Gasteiger partial charge >= 0.3 is 0 Å². The van der Waals surface area contributed by atoms with E-state index in [1.165, 1.54) is 37.2 Å². The molecule has 0 saturated heterocycles. The van der Waals surface area contributed by atoms with Crippen molar-refractivity contribution < 1.29 is 15.3 Å². The maximum atomic E-state index is 8.34. The quantitative estimate of drug-likeness (QED) is 0.581. The van der Waals surface area contributed by atoms with Crippen molar-refractivity contribution in [1.29, 1.82) is 0 Å². The molecule has 0 aliphatic heterocycles. The van der Waals surface area contributed by atoms with Gasteiger partial charge in [0.05, 0.1) is 25.4 Å². The van der Waals surface area contributed by atoms with E-state index in [-0.39, 0.29) is 0 Å². The van der Waals surface area contributed by atoms with Crippen molar-refractivity contribution in [3.8, 4) is 0 Å². The first-order valence-electron chi connectivity index (χ1n) is 7.90. The molecular formula is C17H32N2O3. The molecule has 1 aromatic carbocycles. The third-order valence-electron chi connectivity index (χ3n) is 3.39. The highest BCUT2D eigenvalue weighted by Crippen LogP contribution is 2.19. The Kier molecular flexibility index (Phi) is 10.8. The molecule has 0 aliphatic rings. The van der Waals surface area contributed by atoms with Crippen LogP contribution >= 0.6 is 0 Å². The number of nitrogens with zero attached hydrogens (tertiary/aromatic N) is 1. The molecule has 0 fully saturated rings. The summed E-state index contributed by atoms with van der Waals surface area (Å²) in [5.74, 6) is 0. The molecule has 0 aromatic heterocycles. The van der Waals surface area contributed by atoms with Gasteiger partial charge in [-0.05, 0) is 31.4 Å². The summed E-state index contributed by atoms with van der Waals surface area (Å²) in [6.07, 6.45) is 2.43. The Morgan fingerprint density at radius 3 is 1.73 bits per heavy atom.